The van der Waals surface area contributed by atoms with Gasteiger partial charge in [0, 0.05) is 11.6 Å². The van der Waals surface area contributed by atoms with Crippen molar-refractivity contribution in [3.8, 4) is 0 Å². The molecule has 0 saturated carbocycles. The quantitative estimate of drug-likeness (QED) is 0.411. The van der Waals surface area contributed by atoms with Crippen LogP contribution in [0.15, 0.2) is 12.1 Å². The van der Waals surface area contributed by atoms with E-state index in [1.807, 2.05) is 20.8 Å². The number of hydrazine groups is 1. The Morgan fingerprint density at radius 2 is 2.18 bits per heavy atom. The van der Waals surface area contributed by atoms with Crippen LogP contribution in [0, 0.1) is 10.1 Å². The second kappa shape index (κ2) is 4.96. The molecule has 1 aromatic heterocycles. The standard InChI is InChI=1S/C10H17N5O2/c1-4-10(2,3)13-9-7(15(16)17)5-6-8(12-9)14-11/h5-6H,4,11H2,1-3H3,(H2,12,13,14). The van der Waals surface area contributed by atoms with E-state index in [1.54, 1.807) is 0 Å². The van der Waals surface area contributed by atoms with Crippen molar-refractivity contribution in [2.24, 2.45) is 5.84 Å². The van der Waals surface area contributed by atoms with Crippen LogP contribution in [0.25, 0.3) is 0 Å². The molecule has 0 aliphatic carbocycles. The molecule has 94 valence electrons. The van der Waals surface area contributed by atoms with Gasteiger partial charge >= 0.3 is 5.69 Å². The number of hydrogen-bond acceptors (Lipinski definition) is 6. The highest BCUT2D eigenvalue weighted by atomic mass is 16.6. The fourth-order valence-corrected chi connectivity index (χ4v) is 1.18. The van der Waals surface area contributed by atoms with Gasteiger partial charge in [-0.2, -0.15) is 0 Å². The smallest absolute Gasteiger partial charge is 0.311 e. The molecule has 7 nitrogen and oxygen atoms in total. The predicted octanol–water partition coefficient (Wildman–Crippen LogP) is 1.88. The van der Waals surface area contributed by atoms with Crippen molar-refractivity contribution < 1.29 is 4.92 Å². The van der Waals surface area contributed by atoms with Gasteiger partial charge < -0.3 is 10.7 Å². The zero-order valence-electron chi connectivity index (χ0n) is 10.2. The van der Waals surface area contributed by atoms with E-state index in [0.717, 1.165) is 6.42 Å². The van der Waals surface area contributed by atoms with Crippen LogP contribution in [0.3, 0.4) is 0 Å². The second-order valence-corrected chi connectivity index (χ2v) is 4.33. The lowest BCUT2D eigenvalue weighted by Crippen LogP contribution is -2.30. The molecule has 0 aromatic carbocycles. The maximum absolute atomic E-state index is 10.9. The van der Waals surface area contributed by atoms with Crippen molar-refractivity contribution in [1.82, 2.24) is 4.98 Å². The van der Waals surface area contributed by atoms with E-state index in [9.17, 15) is 10.1 Å². The highest BCUT2D eigenvalue weighted by Gasteiger charge is 2.22. The first-order valence-corrected chi connectivity index (χ1v) is 5.30. The molecule has 0 bridgehead atoms. The largest absolute Gasteiger partial charge is 0.359 e. The van der Waals surface area contributed by atoms with Gasteiger partial charge in [0.1, 0.15) is 5.82 Å². The van der Waals surface area contributed by atoms with Gasteiger partial charge in [0.15, 0.2) is 0 Å². The molecule has 0 unspecified atom stereocenters. The summed E-state index contributed by atoms with van der Waals surface area (Å²) in [6.07, 6.45) is 0.812. The van der Waals surface area contributed by atoms with Crippen LogP contribution < -0.4 is 16.6 Å². The third-order valence-electron chi connectivity index (χ3n) is 2.56. The third-order valence-corrected chi connectivity index (χ3v) is 2.56. The van der Waals surface area contributed by atoms with Crippen molar-refractivity contribution in [3.63, 3.8) is 0 Å². The Morgan fingerprint density at radius 3 is 2.65 bits per heavy atom. The molecular formula is C10H17N5O2. The van der Waals surface area contributed by atoms with Gasteiger partial charge in [0.2, 0.25) is 5.82 Å². The topological polar surface area (TPSA) is 106 Å². The number of rotatable bonds is 5. The highest BCUT2D eigenvalue weighted by Crippen LogP contribution is 2.27. The number of nitrogens with zero attached hydrogens (tertiary/aromatic N) is 2. The Kier molecular flexibility index (Phi) is 3.84. The zero-order valence-corrected chi connectivity index (χ0v) is 10.2. The molecule has 7 heteroatoms. The van der Waals surface area contributed by atoms with Crippen LogP contribution in [-0.4, -0.2) is 15.4 Å². The second-order valence-electron chi connectivity index (χ2n) is 4.33. The first-order valence-electron chi connectivity index (χ1n) is 5.30. The van der Waals surface area contributed by atoms with E-state index >= 15 is 0 Å². The van der Waals surface area contributed by atoms with Crippen molar-refractivity contribution in [2.45, 2.75) is 32.7 Å². The SMILES string of the molecule is CCC(C)(C)Nc1nc(NN)ccc1[N+](=O)[O-]. The van der Waals surface area contributed by atoms with E-state index in [0.29, 0.717) is 5.82 Å². The van der Waals surface area contributed by atoms with Crippen molar-refractivity contribution in [3.05, 3.63) is 22.2 Å². The van der Waals surface area contributed by atoms with E-state index in [1.165, 1.54) is 12.1 Å². The van der Waals surface area contributed by atoms with Gasteiger partial charge in [0.25, 0.3) is 0 Å². The van der Waals surface area contributed by atoms with Gasteiger partial charge in [-0.15, -0.1) is 0 Å². The Labute approximate surface area is 99.5 Å². The Balaban J connectivity index is 3.13. The van der Waals surface area contributed by atoms with Crippen LogP contribution in [-0.2, 0) is 0 Å². The minimum absolute atomic E-state index is 0.0643. The minimum Gasteiger partial charge on any atom is -0.359 e. The van der Waals surface area contributed by atoms with Gasteiger partial charge in [-0.3, -0.25) is 10.1 Å². The summed E-state index contributed by atoms with van der Waals surface area (Å²) in [7, 11) is 0. The predicted molar refractivity (Wildman–Crippen MR) is 66.7 cm³/mol. The fraction of sp³-hybridized carbons (Fsp3) is 0.500. The molecule has 1 aromatic rings. The van der Waals surface area contributed by atoms with E-state index in [4.69, 9.17) is 5.84 Å². The zero-order chi connectivity index (χ0) is 13.1. The number of nitro groups is 1. The Morgan fingerprint density at radius 1 is 1.53 bits per heavy atom. The third kappa shape index (κ3) is 3.28. The minimum atomic E-state index is -0.471. The number of nitrogens with two attached hydrogens (primary N) is 1. The first-order chi connectivity index (χ1) is 7.89. The molecular weight excluding hydrogens is 222 g/mol. The molecule has 1 rings (SSSR count). The molecule has 0 aliphatic rings. The molecule has 17 heavy (non-hydrogen) atoms. The Bertz CT molecular complexity index is 419. The number of anilines is 2. The number of hydrogen-bond donors (Lipinski definition) is 3. The maximum Gasteiger partial charge on any atom is 0.311 e. The highest BCUT2D eigenvalue weighted by molar-refractivity contribution is 5.60. The molecule has 0 amide bonds. The summed E-state index contributed by atoms with van der Waals surface area (Å²) in [4.78, 5) is 14.5. The summed E-state index contributed by atoms with van der Waals surface area (Å²) in [5.74, 6) is 5.83. The lowest BCUT2D eigenvalue weighted by molar-refractivity contribution is -0.384. The van der Waals surface area contributed by atoms with Crippen LogP contribution >= 0.6 is 0 Å². The van der Waals surface area contributed by atoms with Crippen molar-refractivity contribution in [2.75, 3.05) is 10.7 Å². The molecule has 0 saturated heterocycles. The number of nitrogen functional groups attached to an aromatic ring is 1. The first kappa shape index (κ1) is 13.2. The monoisotopic (exact) mass is 239 g/mol. The van der Waals surface area contributed by atoms with Crippen LogP contribution in [0.2, 0.25) is 0 Å². The normalized spacial score (nSPS) is 11.1. The molecule has 4 N–H and O–H groups in total. The average Bonchev–Trinajstić information content (AvgIpc) is 2.28. The molecule has 0 spiro atoms. The van der Waals surface area contributed by atoms with Gasteiger partial charge in [-0.1, -0.05) is 6.92 Å². The summed E-state index contributed by atoms with van der Waals surface area (Å²) in [5, 5.41) is 13.9. The molecule has 1 heterocycles. The van der Waals surface area contributed by atoms with Crippen LogP contribution in [0.1, 0.15) is 27.2 Å². The summed E-state index contributed by atoms with van der Waals surface area (Å²) in [6, 6.07) is 2.83. The maximum atomic E-state index is 10.9. The molecule has 0 fully saturated rings. The lowest BCUT2D eigenvalue weighted by atomic mass is 10.0. The summed E-state index contributed by atoms with van der Waals surface area (Å²) in [6.45, 7) is 5.88. The summed E-state index contributed by atoms with van der Waals surface area (Å²) < 4.78 is 0. The molecule has 0 atom stereocenters. The fourth-order valence-electron chi connectivity index (χ4n) is 1.18. The Hall–Kier alpha value is -1.89. The number of nitrogens with one attached hydrogen (secondary N) is 2. The van der Waals surface area contributed by atoms with E-state index in [-0.39, 0.29) is 17.0 Å². The van der Waals surface area contributed by atoms with Crippen molar-refractivity contribution >= 4 is 17.3 Å². The number of pyridine rings is 1. The summed E-state index contributed by atoms with van der Waals surface area (Å²) in [5.41, 5.74) is 2.03. The van der Waals surface area contributed by atoms with E-state index < -0.39 is 4.92 Å². The van der Waals surface area contributed by atoms with Gasteiger partial charge in [-0.25, -0.2) is 10.8 Å². The molecule has 0 radical (unpaired) electrons. The average molecular weight is 239 g/mol. The van der Waals surface area contributed by atoms with Crippen LogP contribution in [0.5, 0.6) is 0 Å². The summed E-state index contributed by atoms with van der Waals surface area (Å²) >= 11 is 0. The van der Waals surface area contributed by atoms with Crippen molar-refractivity contribution in [1.29, 1.82) is 0 Å². The van der Waals surface area contributed by atoms with Crippen LogP contribution in [0.4, 0.5) is 17.3 Å². The number of aromatic nitrogens is 1. The lowest BCUT2D eigenvalue weighted by Gasteiger charge is -2.25. The van der Waals surface area contributed by atoms with Gasteiger partial charge in [0.05, 0.1) is 4.92 Å². The van der Waals surface area contributed by atoms with E-state index in [2.05, 4.69) is 15.7 Å². The van der Waals surface area contributed by atoms with Gasteiger partial charge in [-0.05, 0) is 26.3 Å². The molecule has 0 aliphatic heterocycles.